The van der Waals surface area contributed by atoms with E-state index in [2.05, 4.69) is 29.8 Å². The summed E-state index contributed by atoms with van der Waals surface area (Å²) in [6, 6.07) is 9.67. The van der Waals surface area contributed by atoms with Crippen molar-refractivity contribution in [2.24, 2.45) is 0 Å². The minimum atomic E-state index is -0.320. The molecule has 2 heterocycles. The first kappa shape index (κ1) is 15.9. The van der Waals surface area contributed by atoms with Gasteiger partial charge in [0, 0.05) is 23.7 Å². The van der Waals surface area contributed by atoms with E-state index in [4.69, 9.17) is 4.74 Å². The summed E-state index contributed by atoms with van der Waals surface area (Å²) in [5, 5.41) is 0. The van der Waals surface area contributed by atoms with E-state index >= 15 is 0 Å². The van der Waals surface area contributed by atoms with Crippen LogP contribution in [0.1, 0.15) is 32.3 Å². The molecule has 1 aromatic carbocycles. The number of hydrogen-bond donors (Lipinski definition) is 0. The van der Waals surface area contributed by atoms with Crippen LogP contribution in [0.2, 0.25) is 0 Å². The summed E-state index contributed by atoms with van der Waals surface area (Å²) in [4.78, 5) is 6.41. The van der Waals surface area contributed by atoms with Crippen LogP contribution in [-0.4, -0.2) is 29.1 Å². The van der Waals surface area contributed by atoms with Gasteiger partial charge in [-0.2, -0.15) is 0 Å². The predicted octanol–water partition coefficient (Wildman–Crippen LogP) is 4.27. The molecule has 0 N–H and O–H groups in total. The summed E-state index contributed by atoms with van der Waals surface area (Å²) >= 11 is 0. The first-order valence-electron chi connectivity index (χ1n) is 8.04. The first-order chi connectivity index (χ1) is 11.0. The second-order valence-corrected chi connectivity index (χ2v) is 6.70. The Hall–Kier alpha value is -1.94. The van der Waals surface area contributed by atoms with E-state index in [1.807, 2.05) is 18.2 Å². The summed E-state index contributed by atoms with van der Waals surface area (Å²) in [7, 11) is 1.54. The van der Waals surface area contributed by atoms with Gasteiger partial charge >= 0.3 is 0 Å². The van der Waals surface area contributed by atoms with E-state index in [0.29, 0.717) is 11.4 Å². The molecular formula is C19H23FN2O. The van der Waals surface area contributed by atoms with Gasteiger partial charge in [0.25, 0.3) is 0 Å². The predicted molar refractivity (Wildman–Crippen MR) is 89.9 cm³/mol. The van der Waals surface area contributed by atoms with Crippen LogP contribution in [0.5, 0.6) is 5.88 Å². The minimum Gasteiger partial charge on any atom is -0.481 e. The fourth-order valence-corrected chi connectivity index (χ4v) is 3.32. The van der Waals surface area contributed by atoms with Crippen molar-refractivity contribution in [3.05, 3.63) is 47.9 Å². The molecule has 4 heteroatoms. The Morgan fingerprint density at radius 1 is 1.26 bits per heavy atom. The van der Waals surface area contributed by atoms with Crippen molar-refractivity contribution in [2.75, 3.05) is 13.7 Å². The number of nitrogens with zero attached hydrogens (tertiary/aromatic N) is 2. The summed E-state index contributed by atoms with van der Waals surface area (Å²) in [5.41, 5.74) is 2.79. The zero-order valence-corrected chi connectivity index (χ0v) is 14.0. The zero-order chi connectivity index (χ0) is 16.4. The molecule has 0 aliphatic carbocycles. The van der Waals surface area contributed by atoms with Gasteiger partial charge in [0.2, 0.25) is 5.88 Å². The number of hydrogen-bond acceptors (Lipinski definition) is 3. The molecule has 0 unspecified atom stereocenters. The Labute approximate surface area is 137 Å². The van der Waals surface area contributed by atoms with Gasteiger partial charge in [0.05, 0.1) is 13.3 Å². The second-order valence-electron chi connectivity index (χ2n) is 6.70. The summed E-state index contributed by atoms with van der Waals surface area (Å²) in [6.45, 7) is 6.47. The molecular weight excluding hydrogens is 291 g/mol. The third kappa shape index (κ3) is 3.22. The Morgan fingerprint density at radius 3 is 2.74 bits per heavy atom. The monoisotopic (exact) mass is 314 g/mol. The van der Waals surface area contributed by atoms with E-state index in [9.17, 15) is 4.39 Å². The topological polar surface area (TPSA) is 25.4 Å². The van der Waals surface area contributed by atoms with Crippen LogP contribution in [0.25, 0.3) is 11.1 Å². The number of benzene rings is 1. The lowest BCUT2D eigenvalue weighted by molar-refractivity contribution is 0.167. The van der Waals surface area contributed by atoms with E-state index in [1.54, 1.807) is 13.2 Å². The molecule has 0 amide bonds. The Kier molecular flexibility index (Phi) is 4.35. The Morgan fingerprint density at radius 2 is 2.04 bits per heavy atom. The number of rotatable bonds is 4. The van der Waals surface area contributed by atoms with Gasteiger partial charge in [-0.25, -0.2) is 9.37 Å². The molecule has 1 aromatic heterocycles. The lowest BCUT2D eigenvalue weighted by Crippen LogP contribution is -2.37. The molecule has 122 valence electrons. The van der Waals surface area contributed by atoms with Gasteiger partial charge < -0.3 is 4.74 Å². The van der Waals surface area contributed by atoms with Crippen molar-refractivity contribution in [1.82, 2.24) is 9.88 Å². The van der Waals surface area contributed by atoms with Crippen LogP contribution in [0.4, 0.5) is 4.39 Å². The smallest absolute Gasteiger partial charge is 0.213 e. The molecule has 3 rings (SSSR count). The molecule has 0 atom stereocenters. The van der Waals surface area contributed by atoms with Gasteiger partial charge in [-0.3, -0.25) is 4.90 Å². The highest BCUT2D eigenvalue weighted by Crippen LogP contribution is 2.33. The average Bonchev–Trinajstić information content (AvgIpc) is 2.87. The fourth-order valence-electron chi connectivity index (χ4n) is 3.32. The SMILES string of the molecule is COc1cc(-c2ccccc2CN2CCCC2(C)C)c(F)cn1. The van der Waals surface area contributed by atoms with Gasteiger partial charge in [-0.15, -0.1) is 0 Å². The number of halogens is 1. The van der Waals surface area contributed by atoms with Crippen molar-refractivity contribution in [3.8, 4) is 17.0 Å². The Balaban J connectivity index is 1.98. The third-order valence-corrected chi connectivity index (χ3v) is 4.78. The third-order valence-electron chi connectivity index (χ3n) is 4.78. The van der Waals surface area contributed by atoms with Gasteiger partial charge in [0.1, 0.15) is 5.82 Å². The van der Waals surface area contributed by atoms with Crippen LogP contribution in [-0.2, 0) is 6.54 Å². The second kappa shape index (κ2) is 6.28. The molecule has 1 fully saturated rings. The largest absolute Gasteiger partial charge is 0.481 e. The summed E-state index contributed by atoms with van der Waals surface area (Å²) in [5.74, 6) is 0.108. The highest BCUT2D eigenvalue weighted by atomic mass is 19.1. The molecule has 0 radical (unpaired) electrons. The normalized spacial score (nSPS) is 17.4. The molecule has 0 saturated carbocycles. The van der Waals surface area contributed by atoms with E-state index in [-0.39, 0.29) is 11.4 Å². The molecule has 0 spiro atoms. The highest BCUT2D eigenvalue weighted by Gasteiger charge is 2.32. The van der Waals surface area contributed by atoms with Crippen LogP contribution < -0.4 is 4.74 Å². The number of likely N-dealkylation sites (tertiary alicyclic amines) is 1. The molecule has 0 bridgehead atoms. The quantitative estimate of drug-likeness (QED) is 0.842. The fraction of sp³-hybridized carbons (Fsp3) is 0.421. The lowest BCUT2D eigenvalue weighted by Gasteiger charge is -2.32. The van der Waals surface area contributed by atoms with Crippen molar-refractivity contribution in [3.63, 3.8) is 0 Å². The molecule has 2 aromatic rings. The maximum Gasteiger partial charge on any atom is 0.213 e. The first-order valence-corrected chi connectivity index (χ1v) is 8.04. The number of methoxy groups -OCH3 is 1. The number of aromatic nitrogens is 1. The van der Waals surface area contributed by atoms with Crippen molar-refractivity contribution < 1.29 is 9.13 Å². The maximum atomic E-state index is 14.3. The maximum absolute atomic E-state index is 14.3. The van der Waals surface area contributed by atoms with E-state index in [1.165, 1.54) is 19.0 Å². The standard InChI is InChI=1S/C19H23FN2O/c1-19(2)9-6-10-22(19)13-14-7-4-5-8-15(14)16-11-18(23-3)21-12-17(16)20/h4-5,7-8,11-12H,6,9-10,13H2,1-3H3. The zero-order valence-electron chi connectivity index (χ0n) is 14.0. The van der Waals surface area contributed by atoms with Crippen LogP contribution >= 0.6 is 0 Å². The number of pyridine rings is 1. The van der Waals surface area contributed by atoms with Crippen molar-refractivity contribution >= 4 is 0 Å². The molecule has 1 saturated heterocycles. The molecule has 1 aliphatic rings. The number of ether oxygens (including phenoxy) is 1. The van der Waals surface area contributed by atoms with Crippen LogP contribution in [0, 0.1) is 5.82 Å². The van der Waals surface area contributed by atoms with E-state index in [0.717, 1.165) is 24.2 Å². The molecule has 23 heavy (non-hydrogen) atoms. The molecule has 1 aliphatic heterocycles. The van der Waals surface area contributed by atoms with E-state index < -0.39 is 0 Å². The minimum absolute atomic E-state index is 0.196. The molecule has 3 nitrogen and oxygen atoms in total. The van der Waals surface area contributed by atoms with Crippen LogP contribution in [0.3, 0.4) is 0 Å². The van der Waals surface area contributed by atoms with Gasteiger partial charge in [-0.1, -0.05) is 24.3 Å². The van der Waals surface area contributed by atoms with Gasteiger partial charge in [0.15, 0.2) is 0 Å². The van der Waals surface area contributed by atoms with Crippen LogP contribution in [0.15, 0.2) is 36.5 Å². The van der Waals surface area contributed by atoms with Crippen molar-refractivity contribution in [2.45, 2.75) is 38.8 Å². The van der Waals surface area contributed by atoms with Gasteiger partial charge in [-0.05, 0) is 44.4 Å². The van der Waals surface area contributed by atoms with Crippen molar-refractivity contribution in [1.29, 1.82) is 0 Å². The summed E-state index contributed by atoms with van der Waals surface area (Å²) < 4.78 is 19.5. The Bertz CT molecular complexity index is 700. The average molecular weight is 314 g/mol. The lowest BCUT2D eigenvalue weighted by atomic mass is 9.97. The highest BCUT2D eigenvalue weighted by molar-refractivity contribution is 5.68. The summed E-state index contributed by atoms with van der Waals surface area (Å²) in [6.07, 6.45) is 3.64.